The monoisotopic (exact) mass is 403 g/mol. The zero-order valence-electron chi connectivity index (χ0n) is 16.4. The quantitative estimate of drug-likeness (QED) is 0.610. The summed E-state index contributed by atoms with van der Waals surface area (Å²) >= 11 is 0. The van der Waals surface area contributed by atoms with Crippen LogP contribution in [0.1, 0.15) is 12.5 Å². The largest absolute Gasteiger partial charge is 0.479 e. The molecule has 0 saturated heterocycles. The van der Waals surface area contributed by atoms with Gasteiger partial charge in [-0.3, -0.25) is 14.4 Å². The lowest BCUT2D eigenvalue weighted by Gasteiger charge is -2.23. The van der Waals surface area contributed by atoms with Crippen LogP contribution in [-0.4, -0.2) is 30.4 Å². The standard InChI is InChI=1S/C23H21N3O4/c1-14-23(29)26-19-12-17(9-10-20(19)30-14)25-22(28)13-24-21(27)11-16-7-4-6-15-5-2-3-8-18(15)16/h2-10,12,14H,11,13H2,1H3,(H,24,27)(H,25,28)(H,26,29)/t14-/m0/s1. The van der Waals surface area contributed by atoms with Crippen molar-refractivity contribution in [2.24, 2.45) is 0 Å². The minimum absolute atomic E-state index is 0.152. The average Bonchev–Trinajstić information content (AvgIpc) is 2.74. The van der Waals surface area contributed by atoms with E-state index in [0.717, 1.165) is 16.3 Å². The van der Waals surface area contributed by atoms with Crippen LogP contribution in [-0.2, 0) is 20.8 Å². The molecule has 3 aromatic rings. The van der Waals surface area contributed by atoms with E-state index in [0.29, 0.717) is 17.1 Å². The highest BCUT2D eigenvalue weighted by Gasteiger charge is 2.23. The van der Waals surface area contributed by atoms with Crippen LogP contribution in [0, 0.1) is 0 Å². The zero-order chi connectivity index (χ0) is 21.1. The van der Waals surface area contributed by atoms with Crippen molar-refractivity contribution < 1.29 is 19.1 Å². The first kappa shape index (κ1) is 19.4. The van der Waals surface area contributed by atoms with Gasteiger partial charge in [0.25, 0.3) is 5.91 Å². The van der Waals surface area contributed by atoms with Crippen LogP contribution >= 0.6 is 0 Å². The molecule has 0 aliphatic carbocycles. The van der Waals surface area contributed by atoms with Crippen LogP contribution in [0.3, 0.4) is 0 Å². The van der Waals surface area contributed by atoms with E-state index in [1.165, 1.54) is 0 Å². The highest BCUT2D eigenvalue weighted by molar-refractivity contribution is 6.00. The first-order valence-corrected chi connectivity index (χ1v) is 9.64. The molecule has 3 aromatic carbocycles. The Morgan fingerprint density at radius 3 is 2.70 bits per heavy atom. The highest BCUT2D eigenvalue weighted by atomic mass is 16.5. The summed E-state index contributed by atoms with van der Waals surface area (Å²) in [5.74, 6) is -0.297. The first-order chi connectivity index (χ1) is 14.5. The van der Waals surface area contributed by atoms with Crippen molar-refractivity contribution in [3.8, 4) is 5.75 Å². The fourth-order valence-corrected chi connectivity index (χ4v) is 3.35. The number of carbonyl (C=O) groups excluding carboxylic acids is 3. The molecule has 7 nitrogen and oxygen atoms in total. The Bertz CT molecular complexity index is 1140. The fourth-order valence-electron chi connectivity index (χ4n) is 3.35. The lowest BCUT2D eigenvalue weighted by molar-refractivity contribution is -0.123. The van der Waals surface area contributed by atoms with E-state index in [2.05, 4.69) is 16.0 Å². The van der Waals surface area contributed by atoms with E-state index in [1.807, 2.05) is 42.5 Å². The third-order valence-corrected chi connectivity index (χ3v) is 4.87. The lowest BCUT2D eigenvalue weighted by Crippen LogP contribution is -2.35. The molecule has 0 fully saturated rings. The van der Waals surface area contributed by atoms with Crippen LogP contribution in [0.4, 0.5) is 11.4 Å². The zero-order valence-corrected chi connectivity index (χ0v) is 16.4. The minimum atomic E-state index is -0.560. The smallest absolute Gasteiger partial charge is 0.265 e. The lowest BCUT2D eigenvalue weighted by atomic mass is 10.0. The summed E-state index contributed by atoms with van der Waals surface area (Å²) < 4.78 is 5.49. The number of amides is 3. The maximum atomic E-state index is 12.3. The molecule has 1 aliphatic rings. The fraction of sp³-hybridized carbons (Fsp3) is 0.174. The molecular formula is C23H21N3O4. The molecule has 0 bridgehead atoms. The van der Waals surface area contributed by atoms with Gasteiger partial charge in [0, 0.05) is 5.69 Å². The van der Waals surface area contributed by atoms with Gasteiger partial charge in [0.15, 0.2) is 6.10 Å². The summed E-state index contributed by atoms with van der Waals surface area (Å²) in [6.07, 6.45) is -0.371. The highest BCUT2D eigenvalue weighted by Crippen LogP contribution is 2.32. The first-order valence-electron chi connectivity index (χ1n) is 9.64. The van der Waals surface area contributed by atoms with Crippen LogP contribution in [0.5, 0.6) is 5.75 Å². The maximum absolute atomic E-state index is 12.3. The molecule has 0 unspecified atom stereocenters. The predicted octanol–water partition coefficient (Wildman–Crippen LogP) is 2.86. The Labute approximate surface area is 173 Å². The number of nitrogens with one attached hydrogen (secondary N) is 3. The second-order valence-corrected chi connectivity index (χ2v) is 7.10. The molecule has 3 N–H and O–H groups in total. The SMILES string of the molecule is C[C@@H]1Oc2ccc(NC(=O)CNC(=O)Cc3cccc4ccccc34)cc2NC1=O. The summed E-state index contributed by atoms with van der Waals surface area (Å²) in [6.45, 7) is 1.51. The van der Waals surface area contributed by atoms with E-state index in [-0.39, 0.29) is 30.7 Å². The van der Waals surface area contributed by atoms with Gasteiger partial charge in [0.05, 0.1) is 18.7 Å². The number of anilines is 2. The summed E-state index contributed by atoms with van der Waals surface area (Å²) in [6, 6.07) is 18.7. The van der Waals surface area contributed by atoms with Crippen molar-refractivity contribution in [2.45, 2.75) is 19.4 Å². The number of ether oxygens (including phenoxy) is 1. The Kier molecular flexibility index (Phi) is 5.34. The average molecular weight is 403 g/mol. The van der Waals surface area contributed by atoms with Gasteiger partial charge in [-0.05, 0) is 41.5 Å². The number of hydrogen-bond acceptors (Lipinski definition) is 4. The van der Waals surface area contributed by atoms with Gasteiger partial charge in [-0.2, -0.15) is 0 Å². The number of rotatable bonds is 5. The van der Waals surface area contributed by atoms with Crippen molar-refractivity contribution in [2.75, 3.05) is 17.2 Å². The molecule has 4 rings (SSSR count). The molecule has 7 heteroatoms. The van der Waals surface area contributed by atoms with E-state index >= 15 is 0 Å². The van der Waals surface area contributed by atoms with Gasteiger partial charge in [-0.25, -0.2) is 0 Å². The third-order valence-electron chi connectivity index (χ3n) is 4.87. The summed E-state index contributed by atoms with van der Waals surface area (Å²) in [4.78, 5) is 36.3. The number of carbonyl (C=O) groups is 3. The Morgan fingerprint density at radius 2 is 1.83 bits per heavy atom. The topological polar surface area (TPSA) is 96.5 Å². The van der Waals surface area contributed by atoms with Gasteiger partial charge in [-0.15, -0.1) is 0 Å². The summed E-state index contributed by atoms with van der Waals surface area (Å²) in [7, 11) is 0. The van der Waals surface area contributed by atoms with E-state index < -0.39 is 6.10 Å². The molecule has 1 heterocycles. The predicted molar refractivity (Wildman–Crippen MR) is 114 cm³/mol. The van der Waals surface area contributed by atoms with Crippen LogP contribution in [0.25, 0.3) is 10.8 Å². The van der Waals surface area contributed by atoms with E-state index in [9.17, 15) is 14.4 Å². The molecule has 1 atom stereocenters. The van der Waals surface area contributed by atoms with Gasteiger partial charge >= 0.3 is 0 Å². The van der Waals surface area contributed by atoms with Gasteiger partial charge in [0.1, 0.15) is 5.75 Å². The maximum Gasteiger partial charge on any atom is 0.265 e. The van der Waals surface area contributed by atoms with Crippen molar-refractivity contribution >= 4 is 39.9 Å². The summed E-state index contributed by atoms with van der Waals surface area (Å²) in [5.41, 5.74) is 1.90. The van der Waals surface area contributed by atoms with E-state index in [1.54, 1.807) is 25.1 Å². The third kappa shape index (κ3) is 4.25. The van der Waals surface area contributed by atoms with Crippen molar-refractivity contribution in [1.82, 2.24) is 5.32 Å². The van der Waals surface area contributed by atoms with Gasteiger partial charge in [0.2, 0.25) is 11.8 Å². The van der Waals surface area contributed by atoms with Crippen molar-refractivity contribution in [3.05, 3.63) is 66.2 Å². The second-order valence-electron chi connectivity index (χ2n) is 7.10. The molecule has 0 saturated carbocycles. The van der Waals surface area contributed by atoms with Crippen molar-refractivity contribution in [3.63, 3.8) is 0 Å². The minimum Gasteiger partial charge on any atom is -0.479 e. The van der Waals surface area contributed by atoms with Gasteiger partial charge < -0.3 is 20.7 Å². The molecule has 0 radical (unpaired) electrons. The molecule has 1 aliphatic heterocycles. The molecule has 30 heavy (non-hydrogen) atoms. The second kappa shape index (κ2) is 8.24. The summed E-state index contributed by atoms with van der Waals surface area (Å²) in [5, 5.41) is 10.2. The molecule has 0 spiro atoms. The Hall–Kier alpha value is -3.87. The number of fused-ring (bicyclic) bond motifs is 2. The Morgan fingerprint density at radius 1 is 1.03 bits per heavy atom. The molecule has 152 valence electrons. The van der Waals surface area contributed by atoms with E-state index in [4.69, 9.17) is 4.74 Å². The molecule has 3 amide bonds. The normalized spacial score (nSPS) is 15.0. The van der Waals surface area contributed by atoms with Crippen LogP contribution < -0.4 is 20.7 Å². The van der Waals surface area contributed by atoms with Crippen LogP contribution in [0.2, 0.25) is 0 Å². The van der Waals surface area contributed by atoms with Gasteiger partial charge in [-0.1, -0.05) is 42.5 Å². The molecule has 0 aromatic heterocycles. The van der Waals surface area contributed by atoms with Crippen molar-refractivity contribution in [1.29, 1.82) is 0 Å². The Balaban J connectivity index is 1.33. The molecular weight excluding hydrogens is 382 g/mol. The number of hydrogen-bond donors (Lipinski definition) is 3. The number of benzene rings is 3. The van der Waals surface area contributed by atoms with Crippen LogP contribution in [0.15, 0.2) is 60.7 Å².